The van der Waals surface area contributed by atoms with Crippen LogP contribution in [0.2, 0.25) is 0 Å². The molecule has 1 heterocycles. The molecule has 212 valence electrons. The van der Waals surface area contributed by atoms with Gasteiger partial charge < -0.3 is 19.4 Å². The fraction of sp³-hybridized carbons (Fsp3) is 0.412. The first kappa shape index (κ1) is 29.3. The van der Waals surface area contributed by atoms with Gasteiger partial charge >= 0.3 is 0 Å². The molecule has 0 saturated heterocycles. The predicted octanol–water partition coefficient (Wildman–Crippen LogP) is 5.51. The summed E-state index contributed by atoms with van der Waals surface area (Å²) in [5.41, 5.74) is 4.91. The number of para-hydroxylation sites is 1. The van der Waals surface area contributed by atoms with Crippen molar-refractivity contribution in [3.05, 3.63) is 95.1 Å². The van der Waals surface area contributed by atoms with Crippen molar-refractivity contribution in [3.8, 4) is 5.75 Å². The number of carbonyl (C=O) groups excluding carboxylic acids is 2. The van der Waals surface area contributed by atoms with E-state index in [1.807, 2.05) is 83.5 Å². The van der Waals surface area contributed by atoms with Crippen LogP contribution in [0.3, 0.4) is 0 Å². The third-order valence-electron chi connectivity index (χ3n) is 7.48. The van der Waals surface area contributed by atoms with Crippen molar-refractivity contribution in [1.29, 1.82) is 0 Å². The lowest BCUT2D eigenvalue weighted by atomic mass is 10.1. The van der Waals surface area contributed by atoms with Gasteiger partial charge in [0.25, 0.3) is 0 Å². The summed E-state index contributed by atoms with van der Waals surface area (Å²) in [6.07, 6.45) is 1.55. The van der Waals surface area contributed by atoms with E-state index in [-0.39, 0.29) is 11.8 Å². The molecule has 0 aromatic heterocycles. The zero-order valence-corrected chi connectivity index (χ0v) is 24.4. The average molecular weight is 542 g/mol. The first-order valence-corrected chi connectivity index (χ1v) is 14.4. The van der Waals surface area contributed by atoms with Crippen molar-refractivity contribution in [2.75, 3.05) is 44.7 Å². The molecule has 4 rings (SSSR count). The van der Waals surface area contributed by atoms with E-state index in [0.29, 0.717) is 38.4 Å². The molecule has 0 saturated carbocycles. The minimum atomic E-state index is 0.0832. The van der Waals surface area contributed by atoms with Gasteiger partial charge in [0.15, 0.2) is 0 Å². The lowest BCUT2D eigenvalue weighted by Gasteiger charge is -2.29. The van der Waals surface area contributed by atoms with Crippen molar-refractivity contribution in [3.63, 3.8) is 0 Å². The second-order valence-electron chi connectivity index (χ2n) is 11.2. The number of methoxy groups -OCH3 is 1. The SMILES string of the molecule is COc1ccc(CC(=O)N2CCN(CC(C)C)CCCN(C(=O)Cc3ccccc3)c3ccccc3C2)cc1C. The molecular weight excluding hydrogens is 498 g/mol. The van der Waals surface area contributed by atoms with Crippen LogP contribution in [0.5, 0.6) is 5.75 Å². The highest BCUT2D eigenvalue weighted by Crippen LogP contribution is 2.25. The topological polar surface area (TPSA) is 53.1 Å². The maximum atomic E-state index is 13.8. The van der Waals surface area contributed by atoms with E-state index in [9.17, 15) is 9.59 Å². The Morgan fingerprint density at radius 3 is 2.27 bits per heavy atom. The standard InChI is InChI=1S/C34H43N3O3/c1-26(2)24-35-17-10-18-37(34(39)22-28-11-6-5-7-12-28)31-14-9-8-13-30(31)25-36(20-19-35)33(38)23-29-15-16-32(40-4)27(3)21-29/h5-9,11-16,21,26H,10,17-20,22-25H2,1-4H3. The van der Waals surface area contributed by atoms with Crippen LogP contribution in [0.15, 0.2) is 72.8 Å². The van der Waals surface area contributed by atoms with Gasteiger partial charge in [0.2, 0.25) is 11.8 Å². The van der Waals surface area contributed by atoms with Gasteiger partial charge in [-0.05, 0) is 60.2 Å². The molecule has 6 heteroatoms. The van der Waals surface area contributed by atoms with E-state index < -0.39 is 0 Å². The molecule has 3 aromatic carbocycles. The number of carbonyl (C=O) groups is 2. The fourth-order valence-electron chi connectivity index (χ4n) is 5.51. The molecule has 1 aliphatic heterocycles. The predicted molar refractivity (Wildman–Crippen MR) is 162 cm³/mol. The Morgan fingerprint density at radius 2 is 1.55 bits per heavy atom. The largest absolute Gasteiger partial charge is 0.496 e. The number of nitrogens with zero attached hydrogens (tertiary/aromatic N) is 3. The van der Waals surface area contributed by atoms with Crippen LogP contribution in [-0.4, -0.2) is 61.4 Å². The molecule has 1 aliphatic rings. The summed E-state index contributed by atoms with van der Waals surface area (Å²) in [6.45, 7) is 10.9. The molecule has 3 aromatic rings. The molecule has 0 unspecified atom stereocenters. The summed E-state index contributed by atoms with van der Waals surface area (Å²) >= 11 is 0. The summed E-state index contributed by atoms with van der Waals surface area (Å²) < 4.78 is 5.41. The third kappa shape index (κ3) is 7.95. The number of rotatable bonds is 7. The number of hydrogen-bond donors (Lipinski definition) is 0. The van der Waals surface area contributed by atoms with Crippen LogP contribution in [0.1, 0.15) is 42.5 Å². The van der Waals surface area contributed by atoms with E-state index in [2.05, 4.69) is 24.8 Å². The number of hydrogen-bond acceptors (Lipinski definition) is 4. The van der Waals surface area contributed by atoms with Gasteiger partial charge in [-0.2, -0.15) is 0 Å². The Balaban J connectivity index is 1.63. The molecule has 6 nitrogen and oxygen atoms in total. The molecule has 0 spiro atoms. The maximum Gasteiger partial charge on any atom is 0.231 e. The van der Waals surface area contributed by atoms with E-state index >= 15 is 0 Å². The molecule has 0 fully saturated rings. The van der Waals surface area contributed by atoms with Crippen LogP contribution < -0.4 is 9.64 Å². The van der Waals surface area contributed by atoms with Crippen LogP contribution in [0.4, 0.5) is 5.69 Å². The normalized spacial score (nSPS) is 14.9. The van der Waals surface area contributed by atoms with Gasteiger partial charge in [-0.25, -0.2) is 0 Å². The maximum absolute atomic E-state index is 13.8. The Kier molecular flexibility index (Phi) is 10.4. The highest BCUT2D eigenvalue weighted by atomic mass is 16.5. The average Bonchev–Trinajstić information content (AvgIpc) is 2.96. The Hall–Kier alpha value is -3.64. The summed E-state index contributed by atoms with van der Waals surface area (Å²) in [6, 6.07) is 23.9. The van der Waals surface area contributed by atoms with Crippen LogP contribution in [0.25, 0.3) is 0 Å². The summed E-state index contributed by atoms with van der Waals surface area (Å²) in [5, 5.41) is 0. The van der Waals surface area contributed by atoms with Crippen molar-refractivity contribution in [2.24, 2.45) is 5.92 Å². The van der Waals surface area contributed by atoms with Gasteiger partial charge in [-0.15, -0.1) is 0 Å². The molecule has 0 aliphatic carbocycles. The minimum absolute atomic E-state index is 0.0832. The minimum Gasteiger partial charge on any atom is -0.496 e. The van der Waals surface area contributed by atoms with E-state index in [1.165, 1.54) is 0 Å². The monoisotopic (exact) mass is 541 g/mol. The molecule has 0 atom stereocenters. The van der Waals surface area contributed by atoms with Gasteiger partial charge in [0.05, 0.1) is 20.0 Å². The highest BCUT2D eigenvalue weighted by molar-refractivity contribution is 5.95. The van der Waals surface area contributed by atoms with E-state index in [4.69, 9.17) is 4.74 Å². The number of aryl methyl sites for hydroxylation is 1. The van der Waals surface area contributed by atoms with Crippen molar-refractivity contribution >= 4 is 17.5 Å². The summed E-state index contributed by atoms with van der Waals surface area (Å²) in [5.74, 6) is 1.51. The molecule has 0 radical (unpaired) electrons. The van der Waals surface area contributed by atoms with Gasteiger partial charge in [0.1, 0.15) is 5.75 Å². The first-order chi connectivity index (χ1) is 19.3. The van der Waals surface area contributed by atoms with Crippen LogP contribution in [0, 0.1) is 12.8 Å². The number of anilines is 1. The fourth-order valence-corrected chi connectivity index (χ4v) is 5.51. The molecular formula is C34H43N3O3. The van der Waals surface area contributed by atoms with Crippen LogP contribution >= 0.6 is 0 Å². The quantitative estimate of drug-likeness (QED) is 0.396. The van der Waals surface area contributed by atoms with E-state index in [1.54, 1.807) is 7.11 Å². The van der Waals surface area contributed by atoms with Gasteiger partial charge in [-0.1, -0.05) is 74.5 Å². The van der Waals surface area contributed by atoms with Crippen molar-refractivity contribution < 1.29 is 14.3 Å². The van der Waals surface area contributed by atoms with Crippen molar-refractivity contribution in [2.45, 2.75) is 46.6 Å². The zero-order chi connectivity index (χ0) is 28.5. The molecule has 0 N–H and O–H groups in total. The van der Waals surface area contributed by atoms with E-state index in [0.717, 1.165) is 59.7 Å². The number of fused-ring (bicyclic) bond motifs is 1. The first-order valence-electron chi connectivity index (χ1n) is 14.4. The Labute approximate surface area is 239 Å². The lowest BCUT2D eigenvalue weighted by Crippen LogP contribution is -2.40. The zero-order valence-electron chi connectivity index (χ0n) is 24.4. The lowest BCUT2D eigenvalue weighted by molar-refractivity contribution is -0.131. The second kappa shape index (κ2) is 14.1. The second-order valence-corrected chi connectivity index (χ2v) is 11.2. The third-order valence-corrected chi connectivity index (χ3v) is 7.48. The number of benzene rings is 3. The van der Waals surface area contributed by atoms with Gasteiger partial charge in [-0.3, -0.25) is 9.59 Å². The van der Waals surface area contributed by atoms with Gasteiger partial charge in [0, 0.05) is 38.4 Å². The summed E-state index contributed by atoms with van der Waals surface area (Å²) in [7, 11) is 1.66. The van der Waals surface area contributed by atoms with Crippen LogP contribution in [-0.2, 0) is 29.0 Å². The Bertz CT molecular complexity index is 1270. The highest BCUT2D eigenvalue weighted by Gasteiger charge is 2.24. The van der Waals surface area contributed by atoms with Crippen molar-refractivity contribution in [1.82, 2.24) is 9.80 Å². The molecule has 40 heavy (non-hydrogen) atoms. The smallest absolute Gasteiger partial charge is 0.231 e. The molecule has 0 bridgehead atoms. The number of amides is 2. The molecule has 2 amide bonds. The Morgan fingerprint density at radius 1 is 0.825 bits per heavy atom. The number of ether oxygens (including phenoxy) is 1. The summed E-state index contributed by atoms with van der Waals surface area (Å²) in [4.78, 5) is 33.8.